The van der Waals surface area contributed by atoms with Gasteiger partial charge in [-0.25, -0.2) is 0 Å². The minimum Gasteiger partial charge on any atom is -0.390 e. The largest absolute Gasteiger partial charge is 0.390 e. The van der Waals surface area contributed by atoms with Crippen molar-refractivity contribution in [1.29, 1.82) is 0 Å². The average molecular weight is 470 g/mol. The molecule has 0 unspecified atom stereocenters. The van der Waals surface area contributed by atoms with Crippen LogP contribution in [-0.2, 0) is 4.79 Å². The Morgan fingerprint density at radius 1 is 1.00 bits per heavy atom. The second kappa shape index (κ2) is 10.3. The quantitative estimate of drug-likeness (QED) is 0.152. The van der Waals surface area contributed by atoms with Gasteiger partial charge in [0.25, 0.3) is 0 Å². The van der Waals surface area contributed by atoms with Crippen LogP contribution >= 0.6 is 0 Å². The molecule has 0 aromatic heterocycles. The highest BCUT2D eigenvalue weighted by Crippen LogP contribution is 2.69. The summed E-state index contributed by atoms with van der Waals surface area (Å²) in [5.41, 5.74) is 9.52. The fourth-order valence-corrected chi connectivity index (χ4v) is 8.76. The number of nitrogens with zero attached hydrogens (tertiary/aromatic N) is 3. The number of hydrogen-bond acceptors (Lipinski definition) is 3. The molecule has 4 aliphatic carbocycles. The van der Waals surface area contributed by atoms with Crippen molar-refractivity contribution in [2.24, 2.45) is 39.6 Å². The summed E-state index contributed by atoms with van der Waals surface area (Å²) in [6, 6.07) is 0. The first-order valence-electron chi connectivity index (χ1n) is 14.2. The van der Waals surface area contributed by atoms with Crippen LogP contribution in [0.3, 0.4) is 0 Å². The van der Waals surface area contributed by atoms with E-state index in [1.807, 2.05) is 6.08 Å². The van der Waals surface area contributed by atoms with Crippen LogP contribution in [0.4, 0.5) is 0 Å². The smallest absolute Gasteiger partial charge is 0.155 e. The van der Waals surface area contributed by atoms with Gasteiger partial charge in [-0.3, -0.25) is 4.79 Å². The highest BCUT2D eigenvalue weighted by molar-refractivity contribution is 5.91. The Labute approximate surface area is 206 Å². The average Bonchev–Trinajstić information content (AvgIpc) is 3.05. The van der Waals surface area contributed by atoms with Crippen LogP contribution in [0.2, 0.25) is 0 Å². The van der Waals surface area contributed by atoms with E-state index in [1.165, 1.54) is 56.9 Å². The molecule has 1 N–H and O–H groups in total. The zero-order valence-electron chi connectivity index (χ0n) is 21.9. The van der Waals surface area contributed by atoms with Crippen molar-refractivity contribution in [3.05, 3.63) is 22.1 Å². The summed E-state index contributed by atoms with van der Waals surface area (Å²) < 4.78 is 0. The normalized spacial score (nSPS) is 41.2. The molecule has 4 rings (SSSR count). The van der Waals surface area contributed by atoms with Gasteiger partial charge in [-0.2, -0.15) is 0 Å². The molecule has 190 valence electrons. The van der Waals surface area contributed by atoms with E-state index >= 15 is 0 Å². The van der Waals surface area contributed by atoms with Crippen LogP contribution < -0.4 is 0 Å². The molecule has 0 radical (unpaired) electrons. The van der Waals surface area contributed by atoms with Gasteiger partial charge in [0.2, 0.25) is 0 Å². The van der Waals surface area contributed by atoms with Crippen molar-refractivity contribution in [2.75, 3.05) is 6.54 Å². The molecule has 0 saturated heterocycles. The van der Waals surface area contributed by atoms with Crippen LogP contribution in [-0.4, -0.2) is 23.0 Å². The molecule has 0 heterocycles. The second-order valence-electron chi connectivity index (χ2n) is 12.8. The molecule has 34 heavy (non-hydrogen) atoms. The van der Waals surface area contributed by atoms with E-state index in [-0.39, 0.29) is 10.8 Å². The van der Waals surface area contributed by atoms with Crippen molar-refractivity contribution >= 4 is 5.78 Å². The SMILES string of the molecule is C[C@]12CCC(=O)C=C1C[C@@H](CCCCCCCCCN=[N+]=[N-])[C@@H]1[C@@H]2CC[C@@]2(C)[C@H]1CC[C@]2(C)O. The summed E-state index contributed by atoms with van der Waals surface area (Å²) >= 11 is 0. The molecule has 3 fully saturated rings. The van der Waals surface area contributed by atoms with Gasteiger partial charge in [-0.1, -0.05) is 63.1 Å². The molecule has 3 saturated carbocycles. The lowest BCUT2D eigenvalue weighted by Gasteiger charge is -2.61. The summed E-state index contributed by atoms with van der Waals surface area (Å²) in [7, 11) is 0. The van der Waals surface area contributed by atoms with Crippen molar-refractivity contribution in [3.8, 4) is 0 Å². The third kappa shape index (κ3) is 4.72. The van der Waals surface area contributed by atoms with E-state index in [4.69, 9.17) is 5.53 Å². The number of carbonyl (C=O) groups is 1. The van der Waals surface area contributed by atoms with Crippen molar-refractivity contribution in [1.82, 2.24) is 0 Å². The van der Waals surface area contributed by atoms with E-state index in [0.29, 0.717) is 36.0 Å². The molecular weight excluding hydrogens is 422 g/mol. The summed E-state index contributed by atoms with van der Waals surface area (Å²) in [6.07, 6.45) is 19.2. The number of fused-ring (bicyclic) bond motifs is 5. The van der Waals surface area contributed by atoms with Crippen LogP contribution in [0.25, 0.3) is 10.4 Å². The minimum absolute atomic E-state index is 0.0457. The molecule has 5 nitrogen and oxygen atoms in total. The van der Waals surface area contributed by atoms with Gasteiger partial charge in [-0.05, 0) is 104 Å². The van der Waals surface area contributed by atoms with Gasteiger partial charge in [0.15, 0.2) is 5.78 Å². The zero-order chi connectivity index (χ0) is 24.4. The first-order valence-corrected chi connectivity index (χ1v) is 14.2. The number of allylic oxidation sites excluding steroid dienone is 1. The Morgan fingerprint density at radius 3 is 2.41 bits per heavy atom. The standard InChI is InChI=1S/C29H47N3O2/c1-27-15-12-23(33)20-22(27)19-21(11-9-7-5-4-6-8-10-18-31-32-30)26-24(27)13-16-28(2)25(26)14-17-29(28,3)34/h20-21,24-26,34H,4-19H2,1-3H3/t21-,24+,25+,26-,27+,28+,29+/m1/s1. The fourth-order valence-electron chi connectivity index (χ4n) is 8.76. The Kier molecular flexibility index (Phi) is 7.84. The minimum atomic E-state index is -0.536. The van der Waals surface area contributed by atoms with Gasteiger partial charge >= 0.3 is 0 Å². The lowest BCUT2D eigenvalue weighted by molar-refractivity contribution is -0.135. The second-order valence-corrected chi connectivity index (χ2v) is 12.8. The third-order valence-corrected chi connectivity index (χ3v) is 11.1. The third-order valence-electron chi connectivity index (χ3n) is 11.1. The van der Waals surface area contributed by atoms with Gasteiger partial charge in [0.1, 0.15) is 0 Å². The number of ketones is 1. The maximum absolute atomic E-state index is 12.4. The number of hydrogen-bond donors (Lipinski definition) is 1. The molecule has 0 aromatic rings. The van der Waals surface area contributed by atoms with Gasteiger partial charge in [0.05, 0.1) is 5.60 Å². The predicted octanol–water partition coefficient (Wildman–Crippen LogP) is 7.93. The lowest BCUT2D eigenvalue weighted by atomic mass is 9.44. The van der Waals surface area contributed by atoms with Crippen molar-refractivity contribution in [2.45, 2.75) is 123 Å². The molecule has 0 aromatic carbocycles. The molecule has 0 aliphatic heterocycles. The Hall–Kier alpha value is -1.32. The first-order chi connectivity index (χ1) is 16.2. The Morgan fingerprint density at radius 2 is 1.68 bits per heavy atom. The van der Waals surface area contributed by atoms with Crippen LogP contribution in [0.15, 0.2) is 16.8 Å². The Bertz CT molecular complexity index is 829. The van der Waals surface area contributed by atoms with E-state index in [2.05, 4.69) is 30.8 Å². The molecule has 7 atom stereocenters. The highest BCUT2D eigenvalue weighted by atomic mass is 16.3. The Balaban J connectivity index is 1.40. The van der Waals surface area contributed by atoms with Crippen LogP contribution in [0.5, 0.6) is 0 Å². The number of unbranched alkanes of at least 4 members (excludes halogenated alkanes) is 6. The molecule has 4 aliphatic rings. The summed E-state index contributed by atoms with van der Waals surface area (Å²) in [5.74, 6) is 3.00. The van der Waals surface area contributed by atoms with Crippen LogP contribution in [0, 0.1) is 34.5 Å². The fraction of sp³-hybridized carbons (Fsp3) is 0.897. The molecular formula is C29H47N3O2. The molecule has 0 amide bonds. The van der Waals surface area contributed by atoms with E-state index in [1.54, 1.807) is 0 Å². The van der Waals surface area contributed by atoms with Crippen LogP contribution in [0.1, 0.15) is 117 Å². The lowest BCUT2D eigenvalue weighted by Crippen LogP contribution is -2.56. The van der Waals surface area contributed by atoms with Gasteiger partial charge in [-0.15, -0.1) is 0 Å². The molecule has 0 spiro atoms. The maximum Gasteiger partial charge on any atom is 0.155 e. The number of azide groups is 1. The summed E-state index contributed by atoms with van der Waals surface area (Å²) in [6.45, 7) is 7.59. The molecule has 5 heteroatoms. The topological polar surface area (TPSA) is 86.1 Å². The van der Waals surface area contributed by atoms with E-state index in [0.717, 1.165) is 44.9 Å². The summed E-state index contributed by atoms with van der Waals surface area (Å²) in [5, 5.41) is 15.0. The zero-order valence-corrected chi connectivity index (χ0v) is 21.9. The van der Waals surface area contributed by atoms with Gasteiger partial charge in [0, 0.05) is 17.9 Å². The van der Waals surface area contributed by atoms with Crippen molar-refractivity contribution in [3.63, 3.8) is 0 Å². The van der Waals surface area contributed by atoms with Crippen molar-refractivity contribution < 1.29 is 9.90 Å². The van der Waals surface area contributed by atoms with Gasteiger partial charge < -0.3 is 5.11 Å². The van der Waals surface area contributed by atoms with E-state index < -0.39 is 5.60 Å². The number of aliphatic hydroxyl groups is 1. The maximum atomic E-state index is 12.4. The predicted molar refractivity (Wildman–Crippen MR) is 137 cm³/mol. The summed E-state index contributed by atoms with van der Waals surface area (Å²) in [4.78, 5) is 15.2. The number of carbonyl (C=O) groups excluding carboxylic acids is 1. The first kappa shape index (κ1) is 25.8. The van der Waals surface area contributed by atoms with E-state index in [9.17, 15) is 9.90 Å². The number of rotatable bonds is 10. The monoisotopic (exact) mass is 469 g/mol. The molecule has 0 bridgehead atoms. The highest BCUT2D eigenvalue weighted by Gasteiger charge is 2.64.